The van der Waals surface area contributed by atoms with Crippen molar-refractivity contribution in [1.82, 2.24) is 14.5 Å². The summed E-state index contributed by atoms with van der Waals surface area (Å²) in [5, 5.41) is 1.17. The van der Waals surface area contributed by atoms with Gasteiger partial charge in [0.15, 0.2) is 0 Å². The molecule has 0 spiro atoms. The van der Waals surface area contributed by atoms with Gasteiger partial charge in [-0.2, -0.15) is 0 Å². The number of aromatic nitrogens is 3. The molecular weight excluding hydrogens is 186 g/mol. The van der Waals surface area contributed by atoms with Crippen LogP contribution in [-0.4, -0.2) is 14.5 Å². The van der Waals surface area contributed by atoms with Gasteiger partial charge in [0.1, 0.15) is 12.0 Å². The van der Waals surface area contributed by atoms with Crippen molar-refractivity contribution < 1.29 is 0 Å². The quantitative estimate of drug-likeness (QED) is 0.659. The van der Waals surface area contributed by atoms with E-state index >= 15 is 0 Å². The van der Waals surface area contributed by atoms with E-state index in [-0.39, 0.29) is 5.41 Å². The highest BCUT2D eigenvalue weighted by molar-refractivity contribution is 5.80. The Labute approximate surface area is 90.2 Å². The predicted molar refractivity (Wildman–Crippen MR) is 61.9 cm³/mol. The molecule has 2 aromatic rings. The minimum atomic E-state index is 0.0645. The van der Waals surface area contributed by atoms with Crippen LogP contribution in [0.4, 0.5) is 0 Å². The summed E-state index contributed by atoms with van der Waals surface area (Å²) in [4.78, 5) is 8.74. The lowest BCUT2D eigenvalue weighted by molar-refractivity contribution is 0.574. The molecule has 0 saturated carbocycles. The van der Waals surface area contributed by atoms with Gasteiger partial charge in [-0.25, -0.2) is 9.97 Å². The number of hydrogen-bond donors (Lipinski definition) is 0. The molecule has 15 heavy (non-hydrogen) atoms. The summed E-state index contributed by atoms with van der Waals surface area (Å²) in [5.74, 6) is 0. The summed E-state index contributed by atoms with van der Waals surface area (Å²) in [7, 11) is 2.04. The third-order valence-electron chi connectivity index (χ3n) is 2.77. The van der Waals surface area contributed by atoms with Crippen LogP contribution < -0.4 is 0 Å². The molecule has 0 fully saturated rings. The second-order valence-corrected chi connectivity index (χ2v) is 5.05. The van der Waals surface area contributed by atoms with Crippen LogP contribution in [0.25, 0.3) is 11.0 Å². The van der Waals surface area contributed by atoms with Crippen molar-refractivity contribution in [3.63, 3.8) is 0 Å². The summed E-state index contributed by atoms with van der Waals surface area (Å²) in [6.07, 6.45) is 1.66. The molecule has 3 heteroatoms. The molecule has 0 N–H and O–H groups in total. The van der Waals surface area contributed by atoms with Gasteiger partial charge in [0.25, 0.3) is 0 Å². The molecular formula is C12H17N3. The monoisotopic (exact) mass is 203 g/mol. The summed E-state index contributed by atoms with van der Waals surface area (Å²) in [5.41, 5.74) is 3.43. The maximum absolute atomic E-state index is 4.41. The summed E-state index contributed by atoms with van der Waals surface area (Å²) in [6, 6.07) is 2.16. The molecule has 0 bridgehead atoms. The average Bonchev–Trinajstić information content (AvgIpc) is 2.41. The largest absolute Gasteiger partial charge is 0.333 e. The van der Waals surface area contributed by atoms with Crippen LogP contribution in [0.1, 0.15) is 32.2 Å². The zero-order valence-electron chi connectivity index (χ0n) is 10.00. The maximum atomic E-state index is 4.41. The number of aryl methyl sites for hydroxylation is 2. The fraction of sp³-hybridized carbons (Fsp3) is 0.500. The number of fused-ring (bicyclic) bond motifs is 1. The molecule has 0 amide bonds. The third-order valence-corrected chi connectivity index (χ3v) is 2.77. The lowest BCUT2D eigenvalue weighted by Gasteiger charge is -2.18. The van der Waals surface area contributed by atoms with E-state index in [0.717, 1.165) is 11.3 Å². The topological polar surface area (TPSA) is 30.7 Å². The summed E-state index contributed by atoms with van der Waals surface area (Å²) >= 11 is 0. The van der Waals surface area contributed by atoms with Gasteiger partial charge in [-0.1, -0.05) is 20.8 Å². The van der Waals surface area contributed by atoms with Crippen molar-refractivity contribution in [3.05, 3.63) is 23.8 Å². The van der Waals surface area contributed by atoms with Crippen LogP contribution in [0.2, 0.25) is 0 Å². The Balaban J connectivity index is 2.83. The van der Waals surface area contributed by atoms with Crippen molar-refractivity contribution in [3.8, 4) is 0 Å². The highest BCUT2D eigenvalue weighted by Crippen LogP contribution is 2.28. The Bertz CT molecular complexity index is 503. The first kappa shape index (κ1) is 10.1. The molecule has 0 aromatic carbocycles. The molecule has 0 radical (unpaired) electrons. The van der Waals surface area contributed by atoms with E-state index in [1.165, 1.54) is 11.1 Å². The Morgan fingerprint density at radius 1 is 1.20 bits per heavy atom. The predicted octanol–water partition coefficient (Wildman–Crippen LogP) is 2.57. The lowest BCUT2D eigenvalue weighted by Crippen LogP contribution is -2.14. The lowest BCUT2D eigenvalue weighted by atomic mass is 9.90. The van der Waals surface area contributed by atoms with Crippen molar-refractivity contribution in [2.24, 2.45) is 7.05 Å². The van der Waals surface area contributed by atoms with Crippen molar-refractivity contribution in [2.45, 2.75) is 33.1 Å². The van der Waals surface area contributed by atoms with Crippen molar-refractivity contribution >= 4 is 11.0 Å². The van der Waals surface area contributed by atoms with Gasteiger partial charge in [0, 0.05) is 23.5 Å². The molecule has 80 valence electrons. The molecule has 2 aromatic heterocycles. The second-order valence-electron chi connectivity index (χ2n) is 5.05. The molecule has 0 unspecified atom stereocenters. The van der Waals surface area contributed by atoms with Crippen LogP contribution in [0.3, 0.4) is 0 Å². The standard InChI is InChI=1S/C12H17N3/c1-8-6-9-10(12(2,3)4)13-7-14-11(9)15(8)5/h6-7H,1-5H3. The van der Waals surface area contributed by atoms with Crippen LogP contribution in [0.15, 0.2) is 12.4 Å². The van der Waals surface area contributed by atoms with E-state index < -0.39 is 0 Å². The molecule has 2 rings (SSSR count). The number of nitrogens with zero attached hydrogens (tertiary/aromatic N) is 3. The minimum Gasteiger partial charge on any atom is -0.333 e. The van der Waals surface area contributed by atoms with Crippen molar-refractivity contribution in [1.29, 1.82) is 0 Å². The van der Waals surface area contributed by atoms with Crippen molar-refractivity contribution in [2.75, 3.05) is 0 Å². The van der Waals surface area contributed by atoms with Crippen LogP contribution in [0, 0.1) is 6.92 Å². The van der Waals surface area contributed by atoms with E-state index in [1.807, 2.05) is 7.05 Å². The molecule has 0 aliphatic heterocycles. The maximum Gasteiger partial charge on any atom is 0.143 e. The number of rotatable bonds is 0. The minimum absolute atomic E-state index is 0.0645. The Morgan fingerprint density at radius 3 is 2.47 bits per heavy atom. The normalized spacial score (nSPS) is 12.3. The zero-order valence-corrected chi connectivity index (χ0v) is 10.00. The first-order valence-electron chi connectivity index (χ1n) is 5.19. The van der Waals surface area contributed by atoms with Gasteiger partial charge in [-0.15, -0.1) is 0 Å². The number of hydrogen-bond acceptors (Lipinski definition) is 2. The van der Waals surface area contributed by atoms with Gasteiger partial charge >= 0.3 is 0 Å². The Morgan fingerprint density at radius 2 is 1.87 bits per heavy atom. The molecule has 0 aliphatic rings. The molecule has 0 aliphatic carbocycles. The Kier molecular flexibility index (Phi) is 2.07. The molecule has 0 atom stereocenters. The van der Waals surface area contributed by atoms with E-state index in [4.69, 9.17) is 0 Å². The smallest absolute Gasteiger partial charge is 0.143 e. The zero-order chi connectivity index (χ0) is 11.2. The summed E-state index contributed by atoms with van der Waals surface area (Å²) < 4.78 is 2.10. The van der Waals surface area contributed by atoms with Crippen LogP contribution in [-0.2, 0) is 12.5 Å². The van der Waals surface area contributed by atoms with Gasteiger partial charge in [-0.3, -0.25) is 0 Å². The second kappa shape index (κ2) is 3.05. The van der Waals surface area contributed by atoms with Gasteiger partial charge in [0.2, 0.25) is 0 Å². The highest BCUT2D eigenvalue weighted by atomic mass is 15.0. The summed E-state index contributed by atoms with van der Waals surface area (Å²) in [6.45, 7) is 8.62. The van der Waals surface area contributed by atoms with Crippen LogP contribution in [0.5, 0.6) is 0 Å². The first-order valence-corrected chi connectivity index (χ1v) is 5.19. The first-order chi connectivity index (χ1) is 6.91. The fourth-order valence-corrected chi connectivity index (χ4v) is 1.86. The average molecular weight is 203 g/mol. The van der Waals surface area contributed by atoms with Gasteiger partial charge < -0.3 is 4.57 Å². The molecule has 2 heterocycles. The Hall–Kier alpha value is -1.38. The third kappa shape index (κ3) is 1.52. The van der Waals surface area contributed by atoms with E-state index in [9.17, 15) is 0 Å². The van der Waals surface area contributed by atoms with Crippen LogP contribution >= 0.6 is 0 Å². The van der Waals surface area contributed by atoms with E-state index in [2.05, 4.69) is 48.3 Å². The van der Waals surface area contributed by atoms with Gasteiger partial charge in [-0.05, 0) is 13.0 Å². The highest BCUT2D eigenvalue weighted by Gasteiger charge is 2.20. The van der Waals surface area contributed by atoms with E-state index in [0.29, 0.717) is 0 Å². The fourth-order valence-electron chi connectivity index (χ4n) is 1.86. The molecule has 3 nitrogen and oxygen atoms in total. The molecule has 0 saturated heterocycles. The SMILES string of the molecule is Cc1cc2c(C(C)(C)C)ncnc2n1C. The van der Waals surface area contributed by atoms with Gasteiger partial charge in [0.05, 0.1) is 5.69 Å². The van der Waals surface area contributed by atoms with E-state index in [1.54, 1.807) is 6.33 Å².